The Morgan fingerprint density at radius 2 is 2.14 bits per heavy atom. The molecular weight excluding hydrogens is 297 g/mol. The van der Waals surface area contributed by atoms with Gasteiger partial charge in [-0.05, 0) is 26.8 Å². The lowest BCUT2D eigenvalue weighted by atomic mass is 10.3. The van der Waals surface area contributed by atoms with Crippen LogP contribution in [-0.4, -0.2) is 36.3 Å². The summed E-state index contributed by atoms with van der Waals surface area (Å²) in [5.41, 5.74) is 0.493. The number of hydrogen-bond acceptors (Lipinski definition) is 3. The molecule has 0 atom stereocenters. The second kappa shape index (κ2) is 8.45. The standard InChI is InChI=1S/C14H21F3N4O/c1-4-18-13(21-10(2)3)20-8-11-6-5-7-19-12(11)22-9-14(15,16)17/h5-7,10H,4,8-9H2,1-3H3,(H2,18,20,21). The van der Waals surface area contributed by atoms with Crippen LogP contribution in [0, 0.1) is 0 Å². The van der Waals surface area contributed by atoms with Gasteiger partial charge in [0.2, 0.25) is 5.88 Å². The van der Waals surface area contributed by atoms with Crippen molar-refractivity contribution in [2.45, 2.75) is 39.5 Å². The van der Waals surface area contributed by atoms with Crippen molar-refractivity contribution in [2.75, 3.05) is 13.2 Å². The van der Waals surface area contributed by atoms with Crippen LogP contribution in [0.4, 0.5) is 13.2 Å². The van der Waals surface area contributed by atoms with Gasteiger partial charge in [-0.3, -0.25) is 0 Å². The van der Waals surface area contributed by atoms with Gasteiger partial charge in [0.1, 0.15) is 0 Å². The maximum atomic E-state index is 12.2. The molecule has 1 rings (SSSR count). The molecule has 1 aromatic heterocycles. The Bertz CT molecular complexity index is 489. The van der Waals surface area contributed by atoms with E-state index in [1.807, 2.05) is 20.8 Å². The van der Waals surface area contributed by atoms with Crippen molar-refractivity contribution in [3.63, 3.8) is 0 Å². The fraction of sp³-hybridized carbons (Fsp3) is 0.571. The number of nitrogens with one attached hydrogen (secondary N) is 2. The number of halogens is 3. The third kappa shape index (κ3) is 7.14. The normalized spacial score (nSPS) is 12.4. The average molecular weight is 318 g/mol. The van der Waals surface area contributed by atoms with Gasteiger partial charge in [-0.2, -0.15) is 13.2 Å². The molecular formula is C14H21F3N4O. The fourth-order valence-electron chi connectivity index (χ4n) is 1.58. The lowest BCUT2D eigenvalue weighted by molar-refractivity contribution is -0.154. The Morgan fingerprint density at radius 3 is 2.73 bits per heavy atom. The predicted molar refractivity (Wildman–Crippen MR) is 78.9 cm³/mol. The van der Waals surface area contributed by atoms with E-state index < -0.39 is 12.8 Å². The molecule has 0 aliphatic carbocycles. The van der Waals surface area contributed by atoms with Gasteiger partial charge in [0.25, 0.3) is 0 Å². The molecule has 1 heterocycles. The first kappa shape index (κ1) is 18.1. The minimum atomic E-state index is -4.40. The Hall–Kier alpha value is -1.99. The summed E-state index contributed by atoms with van der Waals surface area (Å²) in [5, 5.41) is 6.18. The van der Waals surface area contributed by atoms with Crippen LogP contribution in [0.2, 0.25) is 0 Å². The minimum Gasteiger partial charge on any atom is -0.468 e. The summed E-state index contributed by atoms with van der Waals surface area (Å²) in [6.45, 7) is 5.35. The Morgan fingerprint density at radius 1 is 1.41 bits per heavy atom. The van der Waals surface area contributed by atoms with Gasteiger partial charge in [0.05, 0.1) is 6.54 Å². The molecule has 0 amide bonds. The first-order valence-electron chi connectivity index (χ1n) is 7.00. The van der Waals surface area contributed by atoms with E-state index in [4.69, 9.17) is 4.74 Å². The second-order valence-corrected chi connectivity index (χ2v) is 4.87. The predicted octanol–water partition coefficient (Wildman–Crippen LogP) is 2.49. The molecule has 0 aromatic carbocycles. The monoisotopic (exact) mass is 318 g/mol. The minimum absolute atomic E-state index is 0.0519. The molecule has 0 aliphatic heterocycles. The topological polar surface area (TPSA) is 58.5 Å². The highest BCUT2D eigenvalue weighted by Gasteiger charge is 2.29. The van der Waals surface area contributed by atoms with Gasteiger partial charge in [0, 0.05) is 24.3 Å². The first-order valence-corrected chi connectivity index (χ1v) is 7.00. The molecule has 0 unspecified atom stereocenters. The van der Waals surface area contributed by atoms with Crippen LogP contribution in [0.5, 0.6) is 5.88 Å². The lowest BCUT2D eigenvalue weighted by Gasteiger charge is -2.14. The second-order valence-electron chi connectivity index (χ2n) is 4.87. The van der Waals surface area contributed by atoms with Gasteiger partial charge < -0.3 is 15.4 Å². The molecule has 124 valence electrons. The molecule has 2 N–H and O–H groups in total. The summed E-state index contributed by atoms with van der Waals surface area (Å²) < 4.78 is 41.4. The summed E-state index contributed by atoms with van der Waals surface area (Å²) in [5.74, 6) is 0.534. The molecule has 0 saturated carbocycles. The van der Waals surface area contributed by atoms with Crippen molar-refractivity contribution in [3.05, 3.63) is 23.9 Å². The third-order valence-corrected chi connectivity index (χ3v) is 2.40. The number of guanidine groups is 1. The molecule has 0 aliphatic rings. The summed E-state index contributed by atoms with van der Waals surface area (Å²) >= 11 is 0. The maximum absolute atomic E-state index is 12.2. The zero-order valence-electron chi connectivity index (χ0n) is 12.9. The third-order valence-electron chi connectivity index (χ3n) is 2.40. The van der Waals surface area contributed by atoms with E-state index in [9.17, 15) is 13.2 Å². The van der Waals surface area contributed by atoms with Crippen molar-refractivity contribution in [1.29, 1.82) is 0 Å². The van der Waals surface area contributed by atoms with Crippen molar-refractivity contribution in [2.24, 2.45) is 4.99 Å². The van der Waals surface area contributed by atoms with Crippen LogP contribution < -0.4 is 15.4 Å². The van der Waals surface area contributed by atoms with Gasteiger partial charge >= 0.3 is 6.18 Å². The number of alkyl halides is 3. The Kier molecular flexibility index (Phi) is 6.94. The van der Waals surface area contributed by atoms with Crippen molar-refractivity contribution >= 4 is 5.96 Å². The highest BCUT2D eigenvalue weighted by Crippen LogP contribution is 2.20. The molecule has 0 spiro atoms. The van der Waals surface area contributed by atoms with Crippen LogP contribution in [0.1, 0.15) is 26.3 Å². The smallest absolute Gasteiger partial charge is 0.422 e. The van der Waals surface area contributed by atoms with E-state index in [0.29, 0.717) is 18.1 Å². The van der Waals surface area contributed by atoms with Crippen LogP contribution in [0.25, 0.3) is 0 Å². The van der Waals surface area contributed by atoms with Crippen LogP contribution in [-0.2, 0) is 6.54 Å². The quantitative estimate of drug-likeness (QED) is 0.625. The largest absolute Gasteiger partial charge is 0.468 e. The molecule has 0 bridgehead atoms. The molecule has 0 fully saturated rings. The number of nitrogens with zero attached hydrogens (tertiary/aromatic N) is 2. The molecule has 1 aromatic rings. The van der Waals surface area contributed by atoms with E-state index in [1.54, 1.807) is 12.1 Å². The molecule has 5 nitrogen and oxygen atoms in total. The molecule has 8 heteroatoms. The van der Waals surface area contributed by atoms with Crippen molar-refractivity contribution in [3.8, 4) is 5.88 Å². The zero-order valence-corrected chi connectivity index (χ0v) is 12.9. The number of pyridine rings is 1. The average Bonchev–Trinajstić information content (AvgIpc) is 2.42. The van der Waals surface area contributed by atoms with Crippen molar-refractivity contribution in [1.82, 2.24) is 15.6 Å². The molecule has 22 heavy (non-hydrogen) atoms. The maximum Gasteiger partial charge on any atom is 0.422 e. The lowest BCUT2D eigenvalue weighted by Crippen LogP contribution is -2.41. The van der Waals surface area contributed by atoms with Gasteiger partial charge in [-0.1, -0.05) is 6.07 Å². The highest BCUT2D eigenvalue weighted by molar-refractivity contribution is 5.80. The van der Waals surface area contributed by atoms with Crippen LogP contribution in [0.3, 0.4) is 0 Å². The van der Waals surface area contributed by atoms with E-state index in [0.717, 1.165) is 0 Å². The van der Waals surface area contributed by atoms with Gasteiger partial charge in [-0.25, -0.2) is 9.98 Å². The van der Waals surface area contributed by atoms with Gasteiger partial charge in [-0.15, -0.1) is 0 Å². The first-order chi connectivity index (χ1) is 10.3. The fourth-order valence-corrected chi connectivity index (χ4v) is 1.58. The molecule has 0 saturated heterocycles. The van der Waals surface area contributed by atoms with E-state index in [1.165, 1.54) is 6.20 Å². The van der Waals surface area contributed by atoms with E-state index >= 15 is 0 Å². The number of rotatable bonds is 6. The number of aromatic nitrogens is 1. The SMILES string of the molecule is CCNC(=NCc1cccnc1OCC(F)(F)F)NC(C)C. The summed E-state index contributed by atoms with van der Waals surface area (Å²) in [7, 11) is 0. The van der Waals surface area contributed by atoms with Crippen LogP contribution >= 0.6 is 0 Å². The zero-order chi connectivity index (χ0) is 16.6. The molecule has 0 radical (unpaired) electrons. The van der Waals surface area contributed by atoms with Gasteiger partial charge in [0.15, 0.2) is 12.6 Å². The van der Waals surface area contributed by atoms with E-state index in [-0.39, 0.29) is 18.5 Å². The van der Waals surface area contributed by atoms with Crippen molar-refractivity contribution < 1.29 is 17.9 Å². The summed E-state index contributed by atoms with van der Waals surface area (Å²) in [6, 6.07) is 3.46. The number of hydrogen-bond donors (Lipinski definition) is 2. The number of ether oxygens (including phenoxy) is 1. The Labute approximate surface area is 128 Å². The van der Waals surface area contributed by atoms with Crippen LogP contribution in [0.15, 0.2) is 23.3 Å². The summed E-state index contributed by atoms with van der Waals surface area (Å²) in [4.78, 5) is 8.16. The number of aliphatic imine (C=N–C) groups is 1. The summed E-state index contributed by atoms with van der Waals surface area (Å²) in [6.07, 6.45) is -3.01. The highest BCUT2D eigenvalue weighted by atomic mass is 19.4. The van der Waals surface area contributed by atoms with E-state index in [2.05, 4.69) is 20.6 Å². The Balaban J connectivity index is 2.79.